The van der Waals surface area contributed by atoms with Crippen molar-refractivity contribution in [1.82, 2.24) is 19.9 Å². The van der Waals surface area contributed by atoms with Gasteiger partial charge < -0.3 is 15.7 Å². The molecule has 2 aromatic carbocycles. The Balaban J connectivity index is 1.32. The van der Waals surface area contributed by atoms with Crippen molar-refractivity contribution in [2.24, 2.45) is 0 Å². The average molecular weight is 400 g/mol. The molecule has 1 saturated heterocycles. The van der Waals surface area contributed by atoms with Crippen LogP contribution in [-0.4, -0.2) is 51.1 Å². The molecule has 7 heteroatoms. The van der Waals surface area contributed by atoms with E-state index in [-0.39, 0.29) is 6.61 Å². The van der Waals surface area contributed by atoms with E-state index in [0.717, 1.165) is 65.2 Å². The van der Waals surface area contributed by atoms with E-state index in [1.165, 1.54) is 0 Å². The van der Waals surface area contributed by atoms with Crippen LogP contribution in [0.3, 0.4) is 0 Å². The average Bonchev–Trinajstić information content (AvgIpc) is 2.79. The number of piperazine rings is 1. The van der Waals surface area contributed by atoms with Gasteiger partial charge in [0.25, 0.3) is 0 Å². The molecular formula is C23H24N6O. The van der Waals surface area contributed by atoms with E-state index in [0.29, 0.717) is 12.4 Å². The molecule has 3 N–H and O–H groups in total. The molecule has 30 heavy (non-hydrogen) atoms. The summed E-state index contributed by atoms with van der Waals surface area (Å²) in [5.41, 5.74) is 8.83. The molecule has 4 aromatic rings. The number of hydrogen-bond acceptors (Lipinski definition) is 7. The van der Waals surface area contributed by atoms with Crippen LogP contribution < -0.4 is 10.6 Å². The van der Waals surface area contributed by atoms with Gasteiger partial charge in [0.05, 0.1) is 24.2 Å². The van der Waals surface area contributed by atoms with Crippen molar-refractivity contribution in [3.8, 4) is 0 Å². The fraction of sp³-hybridized carbons (Fsp3) is 0.261. The van der Waals surface area contributed by atoms with Crippen molar-refractivity contribution >= 4 is 33.4 Å². The number of benzene rings is 2. The van der Waals surface area contributed by atoms with Crippen molar-refractivity contribution in [3.63, 3.8) is 0 Å². The number of aliphatic hydroxyl groups is 1. The van der Waals surface area contributed by atoms with Crippen molar-refractivity contribution in [3.05, 3.63) is 66.0 Å². The van der Waals surface area contributed by atoms with Crippen LogP contribution in [0, 0.1) is 0 Å². The fourth-order valence-electron chi connectivity index (χ4n) is 4.08. The lowest BCUT2D eigenvalue weighted by Crippen LogP contribution is -2.46. The molecule has 0 saturated carbocycles. The van der Waals surface area contributed by atoms with Gasteiger partial charge in [-0.2, -0.15) is 0 Å². The molecule has 0 bridgehead atoms. The Kier molecular flexibility index (Phi) is 4.90. The third kappa shape index (κ3) is 3.53. The Morgan fingerprint density at radius 3 is 2.40 bits per heavy atom. The lowest BCUT2D eigenvalue weighted by molar-refractivity contribution is 0.242. The van der Waals surface area contributed by atoms with Crippen molar-refractivity contribution in [1.29, 1.82) is 0 Å². The summed E-state index contributed by atoms with van der Waals surface area (Å²) in [6.07, 6.45) is 0. The zero-order chi connectivity index (χ0) is 20.5. The van der Waals surface area contributed by atoms with Crippen LogP contribution in [0.4, 0.5) is 11.6 Å². The monoisotopic (exact) mass is 400 g/mol. The summed E-state index contributed by atoms with van der Waals surface area (Å²) in [7, 11) is 0. The van der Waals surface area contributed by atoms with Crippen LogP contribution >= 0.6 is 0 Å². The van der Waals surface area contributed by atoms with E-state index in [1.54, 1.807) is 0 Å². The van der Waals surface area contributed by atoms with Crippen LogP contribution in [0.15, 0.2) is 54.6 Å². The first kappa shape index (κ1) is 18.7. The second-order valence-corrected chi connectivity index (χ2v) is 7.63. The fourth-order valence-corrected chi connectivity index (χ4v) is 4.08. The molecule has 5 rings (SSSR count). The van der Waals surface area contributed by atoms with E-state index in [4.69, 9.17) is 10.7 Å². The predicted octanol–water partition coefficient (Wildman–Crippen LogP) is 2.57. The predicted molar refractivity (Wildman–Crippen MR) is 119 cm³/mol. The third-order valence-corrected chi connectivity index (χ3v) is 5.67. The van der Waals surface area contributed by atoms with E-state index >= 15 is 0 Å². The van der Waals surface area contributed by atoms with Gasteiger partial charge in [-0.05, 0) is 24.3 Å². The molecule has 0 radical (unpaired) electrons. The molecule has 0 unspecified atom stereocenters. The number of para-hydroxylation sites is 2. The SMILES string of the molecule is Nc1nc(CN2CCN(c3nc4ccccc4cc3CO)CC2)nc2ccccc12. The summed E-state index contributed by atoms with van der Waals surface area (Å²) in [6.45, 7) is 4.06. The topological polar surface area (TPSA) is 91.4 Å². The number of fused-ring (bicyclic) bond motifs is 2. The minimum atomic E-state index is -0.0163. The van der Waals surface area contributed by atoms with Gasteiger partial charge >= 0.3 is 0 Å². The smallest absolute Gasteiger partial charge is 0.145 e. The number of pyridine rings is 1. The van der Waals surface area contributed by atoms with Gasteiger partial charge in [0.2, 0.25) is 0 Å². The number of nitrogens with zero attached hydrogens (tertiary/aromatic N) is 5. The molecule has 7 nitrogen and oxygen atoms in total. The summed E-state index contributed by atoms with van der Waals surface area (Å²) < 4.78 is 0. The molecule has 0 atom stereocenters. The highest BCUT2D eigenvalue weighted by Crippen LogP contribution is 2.25. The largest absolute Gasteiger partial charge is 0.392 e. The maximum atomic E-state index is 9.86. The van der Waals surface area contributed by atoms with Gasteiger partial charge in [-0.3, -0.25) is 4.90 Å². The van der Waals surface area contributed by atoms with E-state index in [9.17, 15) is 5.11 Å². The van der Waals surface area contributed by atoms with Crippen LogP contribution in [-0.2, 0) is 13.2 Å². The van der Waals surface area contributed by atoms with E-state index < -0.39 is 0 Å². The van der Waals surface area contributed by atoms with E-state index in [1.807, 2.05) is 54.6 Å². The zero-order valence-corrected chi connectivity index (χ0v) is 16.7. The molecule has 1 aliphatic rings. The molecular weight excluding hydrogens is 376 g/mol. The number of nitrogen functional groups attached to an aromatic ring is 1. The molecule has 3 heterocycles. The number of aromatic nitrogens is 3. The highest BCUT2D eigenvalue weighted by Gasteiger charge is 2.21. The van der Waals surface area contributed by atoms with Crippen molar-refractivity contribution in [2.45, 2.75) is 13.2 Å². The Morgan fingerprint density at radius 2 is 1.60 bits per heavy atom. The second-order valence-electron chi connectivity index (χ2n) is 7.63. The number of rotatable bonds is 4. The molecule has 0 spiro atoms. The summed E-state index contributed by atoms with van der Waals surface area (Å²) >= 11 is 0. The van der Waals surface area contributed by atoms with Gasteiger partial charge in [-0.15, -0.1) is 0 Å². The molecule has 0 aliphatic carbocycles. The van der Waals surface area contributed by atoms with Crippen LogP contribution in [0.5, 0.6) is 0 Å². The van der Waals surface area contributed by atoms with Crippen LogP contribution in [0.2, 0.25) is 0 Å². The minimum absolute atomic E-state index is 0.0163. The standard InChI is InChI=1S/C23H24N6O/c24-22-18-6-2-4-8-20(18)25-21(27-22)14-28-9-11-29(12-10-28)23-17(15-30)13-16-5-1-3-7-19(16)26-23/h1-8,13,30H,9-12,14-15H2,(H2,24,25,27). The van der Waals surface area contributed by atoms with E-state index in [2.05, 4.69) is 19.8 Å². The number of hydrogen-bond donors (Lipinski definition) is 2. The molecule has 152 valence electrons. The van der Waals surface area contributed by atoms with Gasteiger partial charge in [0.1, 0.15) is 17.5 Å². The quantitative estimate of drug-likeness (QED) is 0.544. The molecule has 0 amide bonds. The summed E-state index contributed by atoms with van der Waals surface area (Å²) in [4.78, 5) is 18.6. The summed E-state index contributed by atoms with van der Waals surface area (Å²) in [5, 5.41) is 11.8. The highest BCUT2D eigenvalue weighted by molar-refractivity contribution is 5.87. The zero-order valence-electron chi connectivity index (χ0n) is 16.7. The molecule has 1 fully saturated rings. The number of nitrogens with two attached hydrogens (primary N) is 1. The maximum Gasteiger partial charge on any atom is 0.145 e. The lowest BCUT2D eigenvalue weighted by Gasteiger charge is -2.36. The maximum absolute atomic E-state index is 9.86. The number of anilines is 2. The van der Waals surface area contributed by atoms with Crippen LogP contribution in [0.25, 0.3) is 21.8 Å². The first-order valence-electron chi connectivity index (χ1n) is 10.2. The van der Waals surface area contributed by atoms with Gasteiger partial charge in [0.15, 0.2) is 0 Å². The first-order chi connectivity index (χ1) is 14.7. The Morgan fingerprint density at radius 1 is 0.867 bits per heavy atom. The highest BCUT2D eigenvalue weighted by atomic mass is 16.3. The normalized spacial score (nSPS) is 15.2. The van der Waals surface area contributed by atoms with Gasteiger partial charge in [-0.25, -0.2) is 15.0 Å². The summed E-state index contributed by atoms with van der Waals surface area (Å²) in [5.74, 6) is 2.16. The molecule has 1 aliphatic heterocycles. The lowest BCUT2D eigenvalue weighted by atomic mass is 10.1. The molecule has 2 aromatic heterocycles. The van der Waals surface area contributed by atoms with Gasteiger partial charge in [-0.1, -0.05) is 30.3 Å². The first-order valence-corrected chi connectivity index (χ1v) is 10.2. The second kappa shape index (κ2) is 7.85. The summed E-state index contributed by atoms with van der Waals surface area (Å²) in [6, 6.07) is 17.9. The third-order valence-electron chi connectivity index (χ3n) is 5.67. The minimum Gasteiger partial charge on any atom is -0.392 e. The van der Waals surface area contributed by atoms with Crippen molar-refractivity contribution < 1.29 is 5.11 Å². The Bertz CT molecular complexity index is 1200. The number of aliphatic hydroxyl groups excluding tert-OH is 1. The van der Waals surface area contributed by atoms with Crippen molar-refractivity contribution in [2.75, 3.05) is 36.8 Å². The Hall–Kier alpha value is -3.29. The van der Waals surface area contributed by atoms with Gasteiger partial charge in [0, 0.05) is 42.5 Å². The van der Waals surface area contributed by atoms with Crippen LogP contribution in [0.1, 0.15) is 11.4 Å². The Labute approximate surface area is 174 Å².